The van der Waals surface area contributed by atoms with Crippen molar-refractivity contribution in [1.29, 1.82) is 0 Å². The minimum atomic E-state index is 0.257. The van der Waals surface area contributed by atoms with Gasteiger partial charge in [-0.3, -0.25) is 0 Å². The molecule has 4 rings (SSSR count). The number of hydrogen-bond donors (Lipinski definition) is 2. The van der Waals surface area contributed by atoms with Gasteiger partial charge in [0.05, 0.1) is 0 Å². The van der Waals surface area contributed by atoms with Crippen molar-refractivity contribution in [3.8, 4) is 11.5 Å². The third-order valence-electron chi connectivity index (χ3n) is 6.47. The van der Waals surface area contributed by atoms with Gasteiger partial charge in [0, 0.05) is 12.8 Å². The summed E-state index contributed by atoms with van der Waals surface area (Å²) in [6.07, 6.45) is 1.96. The van der Waals surface area contributed by atoms with E-state index in [1.165, 1.54) is 38.9 Å². The quantitative estimate of drug-likeness (QED) is 0.338. The summed E-state index contributed by atoms with van der Waals surface area (Å²) in [5.74, 6) is 0.579. The van der Waals surface area contributed by atoms with E-state index in [9.17, 15) is 10.2 Å². The summed E-state index contributed by atoms with van der Waals surface area (Å²) >= 11 is 0. The van der Waals surface area contributed by atoms with Crippen LogP contribution >= 0.6 is 0 Å². The van der Waals surface area contributed by atoms with Crippen molar-refractivity contribution in [2.24, 2.45) is 0 Å². The minimum Gasteiger partial charge on any atom is -0.508 e. The number of phenols is 2. The van der Waals surface area contributed by atoms with Gasteiger partial charge in [0.1, 0.15) is 11.5 Å². The van der Waals surface area contributed by atoms with Gasteiger partial charge in [-0.1, -0.05) is 77.9 Å². The van der Waals surface area contributed by atoms with Crippen LogP contribution in [0.3, 0.4) is 0 Å². The highest BCUT2D eigenvalue weighted by Gasteiger charge is 2.15. The number of phenolic OH excluding ortho intramolecular Hbond substituents is 2. The number of aromatic hydroxyl groups is 2. The average Bonchev–Trinajstić information content (AvgIpc) is 2.76. The van der Waals surface area contributed by atoms with Gasteiger partial charge < -0.3 is 10.2 Å². The molecule has 0 aliphatic rings. The maximum Gasteiger partial charge on any atom is 0.122 e. The molecule has 33 heavy (non-hydrogen) atoms. The molecule has 4 aromatic rings. The molecule has 2 N–H and O–H groups in total. The van der Waals surface area contributed by atoms with Crippen molar-refractivity contribution >= 4 is 0 Å². The molecule has 0 aliphatic heterocycles. The lowest BCUT2D eigenvalue weighted by Gasteiger charge is -2.16. The van der Waals surface area contributed by atoms with Crippen LogP contribution in [0.15, 0.2) is 72.8 Å². The minimum absolute atomic E-state index is 0.257. The Bertz CT molecular complexity index is 1300. The molecule has 2 nitrogen and oxygen atoms in total. The van der Waals surface area contributed by atoms with Gasteiger partial charge in [0.25, 0.3) is 0 Å². The number of aryl methyl sites for hydroxylation is 4. The summed E-state index contributed by atoms with van der Waals surface area (Å²) < 4.78 is 0. The zero-order valence-corrected chi connectivity index (χ0v) is 19.9. The molecule has 0 unspecified atom stereocenters. The summed E-state index contributed by atoms with van der Waals surface area (Å²) in [6, 6.07) is 24.6. The Morgan fingerprint density at radius 2 is 1.03 bits per heavy atom. The van der Waals surface area contributed by atoms with Crippen molar-refractivity contribution in [3.05, 3.63) is 128 Å². The summed E-state index contributed by atoms with van der Waals surface area (Å²) in [5.41, 5.74) is 11.3. The van der Waals surface area contributed by atoms with E-state index >= 15 is 0 Å². The maximum absolute atomic E-state index is 11.2. The average molecular weight is 437 g/mol. The second-order valence-electron chi connectivity index (χ2n) is 9.28. The zero-order chi connectivity index (χ0) is 23.5. The Kier molecular flexibility index (Phi) is 6.55. The number of rotatable bonds is 6. The molecule has 168 valence electrons. The molecule has 0 bridgehead atoms. The van der Waals surface area contributed by atoms with Crippen molar-refractivity contribution in [2.75, 3.05) is 0 Å². The molecule has 0 aliphatic carbocycles. The molecular formula is C31H32O2. The van der Waals surface area contributed by atoms with Crippen LogP contribution in [0.2, 0.25) is 0 Å². The summed E-state index contributed by atoms with van der Waals surface area (Å²) in [4.78, 5) is 0. The standard InChI is InChI=1S/C31H32O2/c1-20-9-11-25(22(3)13-20)15-24-16-28(18-26-12-10-21(2)14-23(26)4)31(33)29(17-24)19-27-7-5-6-8-30(27)32/h5-14,16-17,32-33H,15,18-19H2,1-4H3. The van der Waals surface area contributed by atoms with Crippen LogP contribution in [0.25, 0.3) is 0 Å². The Labute approximate surface area is 197 Å². The van der Waals surface area contributed by atoms with E-state index in [4.69, 9.17) is 0 Å². The Hall–Kier alpha value is -3.52. The molecular weight excluding hydrogens is 404 g/mol. The van der Waals surface area contributed by atoms with Gasteiger partial charge >= 0.3 is 0 Å². The lowest BCUT2D eigenvalue weighted by atomic mass is 9.90. The number of para-hydroxylation sites is 1. The Balaban J connectivity index is 1.76. The van der Waals surface area contributed by atoms with Crippen LogP contribution < -0.4 is 0 Å². The predicted molar refractivity (Wildman–Crippen MR) is 136 cm³/mol. The van der Waals surface area contributed by atoms with Crippen LogP contribution in [-0.4, -0.2) is 10.2 Å². The normalized spacial score (nSPS) is 11.0. The van der Waals surface area contributed by atoms with Crippen LogP contribution in [0.4, 0.5) is 0 Å². The predicted octanol–water partition coefficient (Wildman–Crippen LogP) is 7.10. The fourth-order valence-electron chi connectivity index (χ4n) is 4.58. The van der Waals surface area contributed by atoms with E-state index in [1.54, 1.807) is 6.07 Å². The van der Waals surface area contributed by atoms with E-state index in [2.05, 4.69) is 76.2 Å². The third kappa shape index (κ3) is 5.28. The van der Waals surface area contributed by atoms with E-state index in [1.807, 2.05) is 18.2 Å². The van der Waals surface area contributed by atoms with E-state index < -0.39 is 0 Å². The molecule has 0 saturated heterocycles. The van der Waals surface area contributed by atoms with E-state index in [0.29, 0.717) is 18.6 Å². The molecule has 0 aromatic heterocycles. The molecule has 0 radical (unpaired) electrons. The summed E-state index contributed by atoms with van der Waals surface area (Å²) in [5, 5.41) is 21.6. The lowest BCUT2D eigenvalue weighted by Crippen LogP contribution is -2.01. The van der Waals surface area contributed by atoms with Crippen molar-refractivity contribution in [1.82, 2.24) is 0 Å². The first-order valence-corrected chi connectivity index (χ1v) is 11.5. The SMILES string of the molecule is Cc1ccc(Cc2cc(Cc3ccc(C)cc3C)c(O)c(Cc3ccccc3O)c2)c(C)c1. The van der Waals surface area contributed by atoms with Gasteiger partial charge in [-0.05, 0) is 84.7 Å². The highest BCUT2D eigenvalue weighted by molar-refractivity contribution is 5.51. The van der Waals surface area contributed by atoms with Crippen molar-refractivity contribution in [2.45, 2.75) is 47.0 Å². The van der Waals surface area contributed by atoms with Gasteiger partial charge in [0.2, 0.25) is 0 Å². The second kappa shape index (κ2) is 9.54. The van der Waals surface area contributed by atoms with Gasteiger partial charge in [0.15, 0.2) is 0 Å². The lowest BCUT2D eigenvalue weighted by molar-refractivity contribution is 0.459. The van der Waals surface area contributed by atoms with Crippen molar-refractivity contribution < 1.29 is 10.2 Å². The molecule has 0 amide bonds. The highest BCUT2D eigenvalue weighted by atomic mass is 16.3. The smallest absolute Gasteiger partial charge is 0.122 e. The van der Waals surface area contributed by atoms with E-state index in [-0.39, 0.29) is 5.75 Å². The first kappa shape index (κ1) is 22.7. The molecule has 2 heteroatoms. The monoisotopic (exact) mass is 436 g/mol. The summed E-state index contributed by atoms with van der Waals surface area (Å²) in [6.45, 7) is 8.50. The topological polar surface area (TPSA) is 40.5 Å². The van der Waals surface area contributed by atoms with Gasteiger partial charge in [-0.15, -0.1) is 0 Å². The van der Waals surface area contributed by atoms with Crippen LogP contribution in [0, 0.1) is 27.7 Å². The van der Waals surface area contributed by atoms with Crippen LogP contribution in [0.1, 0.15) is 55.6 Å². The van der Waals surface area contributed by atoms with Crippen LogP contribution in [0.5, 0.6) is 11.5 Å². The highest BCUT2D eigenvalue weighted by Crippen LogP contribution is 2.32. The van der Waals surface area contributed by atoms with Crippen LogP contribution in [-0.2, 0) is 19.3 Å². The largest absolute Gasteiger partial charge is 0.508 e. The maximum atomic E-state index is 11.2. The molecule has 0 atom stereocenters. The number of hydrogen-bond acceptors (Lipinski definition) is 2. The Morgan fingerprint density at radius 1 is 0.515 bits per heavy atom. The first-order valence-electron chi connectivity index (χ1n) is 11.5. The molecule has 4 aromatic carbocycles. The molecule has 0 fully saturated rings. The summed E-state index contributed by atoms with van der Waals surface area (Å²) in [7, 11) is 0. The number of benzene rings is 4. The zero-order valence-electron chi connectivity index (χ0n) is 19.9. The third-order valence-corrected chi connectivity index (χ3v) is 6.47. The molecule has 0 heterocycles. The molecule has 0 saturated carbocycles. The van der Waals surface area contributed by atoms with Gasteiger partial charge in [-0.2, -0.15) is 0 Å². The fraction of sp³-hybridized carbons (Fsp3) is 0.226. The van der Waals surface area contributed by atoms with Gasteiger partial charge in [-0.25, -0.2) is 0 Å². The fourth-order valence-corrected chi connectivity index (χ4v) is 4.58. The first-order chi connectivity index (χ1) is 15.8. The Morgan fingerprint density at radius 3 is 1.58 bits per heavy atom. The second-order valence-corrected chi connectivity index (χ2v) is 9.28. The van der Waals surface area contributed by atoms with E-state index in [0.717, 1.165) is 23.1 Å². The van der Waals surface area contributed by atoms with Crippen molar-refractivity contribution in [3.63, 3.8) is 0 Å². The molecule has 0 spiro atoms.